The van der Waals surface area contributed by atoms with Crippen LogP contribution in [0.1, 0.15) is 15.9 Å². The van der Waals surface area contributed by atoms with Gasteiger partial charge in [0, 0.05) is 12.7 Å². The molecule has 0 bridgehead atoms. The van der Waals surface area contributed by atoms with E-state index in [0.29, 0.717) is 16.7 Å². The van der Waals surface area contributed by atoms with Crippen molar-refractivity contribution in [1.82, 2.24) is 10.3 Å². The van der Waals surface area contributed by atoms with Gasteiger partial charge in [-0.3, -0.25) is 4.79 Å². The number of benzene rings is 1. The average Bonchev–Trinajstić information content (AvgIpc) is 2.48. The molecule has 20 heavy (non-hydrogen) atoms. The van der Waals surface area contributed by atoms with Crippen LogP contribution in [0.3, 0.4) is 0 Å². The van der Waals surface area contributed by atoms with Crippen molar-refractivity contribution in [3.05, 3.63) is 58.3 Å². The second-order valence-corrected chi connectivity index (χ2v) is 5.04. The van der Waals surface area contributed by atoms with Crippen LogP contribution in [0.2, 0.25) is 0 Å². The molecule has 0 fully saturated rings. The van der Waals surface area contributed by atoms with Crippen molar-refractivity contribution in [2.45, 2.75) is 6.42 Å². The Morgan fingerprint density at radius 2 is 2.00 bits per heavy atom. The van der Waals surface area contributed by atoms with E-state index < -0.39 is 0 Å². The Balaban J connectivity index is 1.82. The van der Waals surface area contributed by atoms with Gasteiger partial charge in [-0.25, -0.2) is 4.98 Å². The van der Waals surface area contributed by atoms with Gasteiger partial charge in [-0.15, -0.1) is 0 Å². The van der Waals surface area contributed by atoms with Crippen molar-refractivity contribution in [3.63, 3.8) is 0 Å². The van der Waals surface area contributed by atoms with Crippen LogP contribution in [0.15, 0.2) is 47.2 Å². The predicted octanol–water partition coefficient (Wildman–Crippen LogP) is 2.83. The van der Waals surface area contributed by atoms with E-state index in [1.54, 1.807) is 25.4 Å². The third kappa shape index (κ3) is 4.06. The first-order chi connectivity index (χ1) is 9.69. The number of nitrogens with zero attached hydrogens (tertiary/aromatic N) is 1. The molecule has 2 rings (SSSR count). The number of ether oxygens (including phenoxy) is 1. The summed E-state index contributed by atoms with van der Waals surface area (Å²) < 4.78 is 5.81. The van der Waals surface area contributed by atoms with Gasteiger partial charge in [0.15, 0.2) is 0 Å². The van der Waals surface area contributed by atoms with Crippen LogP contribution in [0, 0.1) is 0 Å². The summed E-state index contributed by atoms with van der Waals surface area (Å²) >= 11 is 3.24. The van der Waals surface area contributed by atoms with Crippen LogP contribution < -0.4 is 10.1 Å². The normalized spacial score (nSPS) is 10.1. The summed E-state index contributed by atoms with van der Waals surface area (Å²) in [5.74, 6) is 0.720. The number of amides is 1. The van der Waals surface area contributed by atoms with Gasteiger partial charge in [0.05, 0.1) is 12.7 Å². The lowest BCUT2D eigenvalue weighted by Crippen LogP contribution is -2.25. The maximum Gasteiger partial charge on any atom is 0.252 e. The molecule has 0 unspecified atom stereocenters. The molecule has 0 aliphatic rings. The van der Waals surface area contributed by atoms with Gasteiger partial charge in [0.2, 0.25) is 0 Å². The molecule has 104 valence electrons. The Bertz CT molecular complexity index is 567. The molecule has 0 aliphatic carbocycles. The summed E-state index contributed by atoms with van der Waals surface area (Å²) in [5, 5.41) is 2.87. The molecule has 0 spiro atoms. The Morgan fingerprint density at radius 1 is 1.25 bits per heavy atom. The number of hydrogen-bond acceptors (Lipinski definition) is 3. The molecule has 5 heteroatoms. The predicted molar refractivity (Wildman–Crippen MR) is 81.0 cm³/mol. The van der Waals surface area contributed by atoms with E-state index in [1.807, 2.05) is 24.3 Å². The van der Waals surface area contributed by atoms with Gasteiger partial charge >= 0.3 is 0 Å². The van der Waals surface area contributed by atoms with E-state index in [1.165, 1.54) is 0 Å². The van der Waals surface area contributed by atoms with Gasteiger partial charge in [0.25, 0.3) is 5.91 Å². The van der Waals surface area contributed by atoms with Crippen LogP contribution in [0.4, 0.5) is 0 Å². The second kappa shape index (κ2) is 7.05. The molecule has 1 heterocycles. The van der Waals surface area contributed by atoms with Crippen molar-refractivity contribution in [2.24, 2.45) is 0 Å². The number of carbonyl (C=O) groups excluding carboxylic acids is 1. The van der Waals surface area contributed by atoms with E-state index in [9.17, 15) is 4.79 Å². The molecule has 1 N–H and O–H groups in total. The van der Waals surface area contributed by atoms with E-state index in [4.69, 9.17) is 4.74 Å². The van der Waals surface area contributed by atoms with Crippen LogP contribution in [-0.2, 0) is 6.42 Å². The quantitative estimate of drug-likeness (QED) is 0.855. The lowest BCUT2D eigenvalue weighted by Gasteiger charge is -2.06. The second-order valence-electron chi connectivity index (χ2n) is 4.22. The summed E-state index contributed by atoms with van der Waals surface area (Å²) in [5.41, 5.74) is 1.71. The number of carbonyl (C=O) groups is 1. The molecule has 4 nitrogen and oxygen atoms in total. The monoisotopic (exact) mass is 334 g/mol. The highest BCUT2D eigenvalue weighted by Crippen LogP contribution is 2.11. The average molecular weight is 335 g/mol. The molecule has 1 amide bonds. The Morgan fingerprint density at radius 3 is 2.60 bits per heavy atom. The minimum atomic E-state index is -0.112. The molecule has 0 atom stereocenters. The van der Waals surface area contributed by atoms with Gasteiger partial charge in [-0.1, -0.05) is 12.1 Å². The van der Waals surface area contributed by atoms with E-state index in [0.717, 1.165) is 17.7 Å². The molecular weight excluding hydrogens is 320 g/mol. The number of halogens is 1. The maximum absolute atomic E-state index is 11.9. The number of methoxy groups -OCH3 is 1. The SMILES string of the molecule is COc1ccc(CCNC(=O)c2ccc(Br)nc2)cc1. The van der Waals surface area contributed by atoms with Gasteiger partial charge < -0.3 is 10.1 Å². The zero-order chi connectivity index (χ0) is 14.4. The topological polar surface area (TPSA) is 51.2 Å². The first-order valence-corrected chi connectivity index (χ1v) is 7.01. The van der Waals surface area contributed by atoms with Crippen molar-refractivity contribution < 1.29 is 9.53 Å². The molecule has 1 aromatic heterocycles. The summed E-state index contributed by atoms with van der Waals surface area (Å²) in [6.45, 7) is 0.585. The fraction of sp³-hybridized carbons (Fsp3) is 0.200. The highest BCUT2D eigenvalue weighted by atomic mass is 79.9. The van der Waals surface area contributed by atoms with Gasteiger partial charge in [-0.05, 0) is 52.2 Å². The largest absolute Gasteiger partial charge is 0.497 e. The number of pyridine rings is 1. The lowest BCUT2D eigenvalue weighted by atomic mass is 10.1. The van der Waals surface area contributed by atoms with Crippen molar-refractivity contribution >= 4 is 21.8 Å². The molecule has 0 radical (unpaired) electrons. The fourth-order valence-corrected chi connectivity index (χ4v) is 1.96. The molecule has 0 saturated carbocycles. The van der Waals surface area contributed by atoms with E-state index in [2.05, 4.69) is 26.2 Å². The Labute approximate surface area is 126 Å². The molecule has 2 aromatic rings. The van der Waals surface area contributed by atoms with Crippen LogP contribution >= 0.6 is 15.9 Å². The fourth-order valence-electron chi connectivity index (χ4n) is 1.72. The number of nitrogens with one attached hydrogen (secondary N) is 1. The number of hydrogen-bond donors (Lipinski definition) is 1. The number of rotatable bonds is 5. The van der Waals surface area contributed by atoms with E-state index >= 15 is 0 Å². The zero-order valence-electron chi connectivity index (χ0n) is 11.1. The Kier molecular flexibility index (Phi) is 5.12. The van der Waals surface area contributed by atoms with E-state index in [-0.39, 0.29) is 5.91 Å². The number of aromatic nitrogens is 1. The molecule has 0 aliphatic heterocycles. The first-order valence-electron chi connectivity index (χ1n) is 6.22. The minimum absolute atomic E-state index is 0.112. The smallest absolute Gasteiger partial charge is 0.252 e. The van der Waals surface area contributed by atoms with Crippen LogP contribution in [-0.4, -0.2) is 24.5 Å². The maximum atomic E-state index is 11.9. The van der Waals surface area contributed by atoms with Crippen LogP contribution in [0.25, 0.3) is 0 Å². The molecular formula is C15H15BrN2O2. The van der Waals surface area contributed by atoms with Gasteiger partial charge in [0.1, 0.15) is 10.4 Å². The first kappa shape index (κ1) is 14.5. The lowest BCUT2D eigenvalue weighted by molar-refractivity contribution is 0.0953. The Hall–Kier alpha value is -1.88. The molecule has 1 aromatic carbocycles. The summed E-state index contributed by atoms with van der Waals surface area (Å²) in [4.78, 5) is 15.9. The highest BCUT2D eigenvalue weighted by molar-refractivity contribution is 9.10. The van der Waals surface area contributed by atoms with Crippen molar-refractivity contribution in [3.8, 4) is 5.75 Å². The van der Waals surface area contributed by atoms with Crippen molar-refractivity contribution in [1.29, 1.82) is 0 Å². The van der Waals surface area contributed by atoms with Gasteiger partial charge in [-0.2, -0.15) is 0 Å². The third-order valence-corrected chi connectivity index (χ3v) is 3.32. The van der Waals surface area contributed by atoms with Crippen LogP contribution in [0.5, 0.6) is 5.75 Å². The highest BCUT2D eigenvalue weighted by Gasteiger charge is 2.05. The standard InChI is InChI=1S/C15H15BrN2O2/c1-20-13-5-2-11(3-6-13)8-9-17-15(19)12-4-7-14(16)18-10-12/h2-7,10H,8-9H2,1H3,(H,17,19). The summed E-state index contributed by atoms with van der Waals surface area (Å²) in [6.07, 6.45) is 2.33. The van der Waals surface area contributed by atoms with Crippen molar-refractivity contribution in [2.75, 3.05) is 13.7 Å². The third-order valence-electron chi connectivity index (χ3n) is 2.85. The summed E-state index contributed by atoms with van der Waals surface area (Å²) in [7, 11) is 1.64. The summed E-state index contributed by atoms with van der Waals surface area (Å²) in [6, 6.07) is 11.3. The zero-order valence-corrected chi connectivity index (χ0v) is 12.7. The minimum Gasteiger partial charge on any atom is -0.497 e. The molecule has 0 saturated heterocycles.